The van der Waals surface area contributed by atoms with Crippen LogP contribution in [0, 0.1) is 12.3 Å². The fourth-order valence-corrected chi connectivity index (χ4v) is 2.17. The van der Waals surface area contributed by atoms with Gasteiger partial charge in [0.05, 0.1) is 25.3 Å². The van der Waals surface area contributed by atoms with E-state index in [1.165, 1.54) is 0 Å². The van der Waals surface area contributed by atoms with E-state index < -0.39 is 0 Å². The van der Waals surface area contributed by atoms with Crippen LogP contribution in [-0.4, -0.2) is 26.8 Å². The summed E-state index contributed by atoms with van der Waals surface area (Å²) in [4.78, 5) is 0. The quantitative estimate of drug-likeness (QED) is 0.783. The van der Waals surface area contributed by atoms with E-state index in [1.54, 1.807) is 20.3 Å². The van der Waals surface area contributed by atoms with Crippen LogP contribution in [0.25, 0.3) is 0 Å². The first-order chi connectivity index (χ1) is 9.08. The summed E-state index contributed by atoms with van der Waals surface area (Å²) in [5.74, 6) is 3.68. The van der Waals surface area contributed by atoms with E-state index >= 15 is 0 Å². The van der Waals surface area contributed by atoms with Crippen molar-refractivity contribution in [3.8, 4) is 23.8 Å². The van der Waals surface area contributed by atoms with Gasteiger partial charge in [-0.15, -0.1) is 6.42 Å². The first kappa shape index (κ1) is 15.6. The molecule has 0 amide bonds. The zero-order valence-electron chi connectivity index (χ0n) is 11.4. The van der Waals surface area contributed by atoms with Crippen molar-refractivity contribution in [2.75, 3.05) is 20.8 Å². The van der Waals surface area contributed by atoms with Gasteiger partial charge < -0.3 is 15.2 Å². The van der Waals surface area contributed by atoms with E-state index in [0.717, 1.165) is 5.56 Å². The number of methoxy groups -OCH3 is 2. The van der Waals surface area contributed by atoms with Crippen molar-refractivity contribution in [1.29, 1.82) is 0 Å². The minimum absolute atomic E-state index is 0.0993. The van der Waals surface area contributed by atoms with Gasteiger partial charge in [-0.25, -0.2) is 0 Å². The fraction of sp³-hybridized carbons (Fsp3) is 0.429. The lowest BCUT2D eigenvalue weighted by molar-refractivity contribution is 0.354. The van der Waals surface area contributed by atoms with Crippen LogP contribution in [-0.2, 0) is 0 Å². The summed E-state index contributed by atoms with van der Waals surface area (Å²) >= 11 is 6.34. The number of rotatable bonds is 6. The topological polar surface area (TPSA) is 56.5 Å². The Balaban J connectivity index is 3.15. The van der Waals surface area contributed by atoms with Crippen LogP contribution in [0.2, 0.25) is 5.02 Å². The Kier molecular flexibility index (Phi) is 5.97. The van der Waals surface area contributed by atoms with Gasteiger partial charge in [0.25, 0.3) is 0 Å². The third kappa shape index (κ3) is 3.54. The molecule has 0 saturated heterocycles. The smallest absolute Gasteiger partial charge is 0.179 e. The molecule has 1 aromatic carbocycles. The van der Waals surface area contributed by atoms with E-state index in [9.17, 15) is 0 Å². The Labute approximate surface area is 119 Å². The van der Waals surface area contributed by atoms with E-state index in [-0.39, 0.29) is 12.1 Å². The lowest BCUT2D eigenvalue weighted by atomic mass is 10.0. The highest BCUT2D eigenvalue weighted by Crippen LogP contribution is 2.39. The molecule has 3 N–H and O–H groups in total. The van der Waals surface area contributed by atoms with E-state index in [1.807, 2.05) is 13.0 Å². The first-order valence-electron chi connectivity index (χ1n) is 5.91. The normalized spacial score (nSPS) is 13.5. The Morgan fingerprint density at radius 1 is 1.42 bits per heavy atom. The molecular formula is C14H19ClN2O2. The minimum atomic E-state index is -0.140. The lowest BCUT2D eigenvalue weighted by Gasteiger charge is -2.22. The molecule has 0 radical (unpaired) electrons. The standard InChI is InChI=1S/C14H19ClN2O2/c1-5-9(2)17-11(8-16)10-6-7-12(18-3)14(19-4)13(10)15/h1,6-7,9,11,17H,8,16H2,2-4H3. The molecule has 0 aliphatic heterocycles. The van der Waals surface area contributed by atoms with Crippen molar-refractivity contribution >= 4 is 11.6 Å². The van der Waals surface area contributed by atoms with Gasteiger partial charge in [0.15, 0.2) is 11.5 Å². The van der Waals surface area contributed by atoms with Gasteiger partial charge in [0, 0.05) is 12.6 Å². The molecule has 5 heteroatoms. The molecule has 2 atom stereocenters. The largest absolute Gasteiger partial charge is 0.493 e. The number of nitrogens with one attached hydrogen (secondary N) is 1. The third-order valence-electron chi connectivity index (χ3n) is 2.83. The monoisotopic (exact) mass is 282 g/mol. The summed E-state index contributed by atoms with van der Waals surface area (Å²) < 4.78 is 10.5. The van der Waals surface area contributed by atoms with Gasteiger partial charge in [-0.1, -0.05) is 23.6 Å². The van der Waals surface area contributed by atoms with Crippen LogP contribution in [0.3, 0.4) is 0 Å². The van der Waals surface area contributed by atoms with Crippen LogP contribution in [0.1, 0.15) is 18.5 Å². The number of hydrogen-bond donors (Lipinski definition) is 2. The van der Waals surface area contributed by atoms with Crippen molar-refractivity contribution in [2.45, 2.75) is 19.0 Å². The summed E-state index contributed by atoms with van der Waals surface area (Å²) in [6, 6.07) is 3.42. The van der Waals surface area contributed by atoms with Crippen molar-refractivity contribution in [3.05, 3.63) is 22.7 Å². The predicted octanol–water partition coefficient (Wildman–Crippen LogP) is 1.97. The molecule has 1 rings (SSSR count). The van der Waals surface area contributed by atoms with Gasteiger partial charge in [-0.05, 0) is 18.6 Å². The van der Waals surface area contributed by atoms with Gasteiger partial charge >= 0.3 is 0 Å². The zero-order valence-corrected chi connectivity index (χ0v) is 12.1. The molecule has 0 spiro atoms. The summed E-state index contributed by atoms with van der Waals surface area (Å²) in [5.41, 5.74) is 6.61. The highest BCUT2D eigenvalue weighted by Gasteiger charge is 2.20. The highest BCUT2D eigenvalue weighted by molar-refractivity contribution is 6.33. The molecule has 0 heterocycles. The minimum Gasteiger partial charge on any atom is -0.493 e. The first-order valence-corrected chi connectivity index (χ1v) is 6.29. The maximum atomic E-state index is 6.34. The summed E-state index contributed by atoms with van der Waals surface area (Å²) in [6.45, 7) is 2.26. The second-order valence-corrected chi connectivity index (χ2v) is 4.43. The molecule has 0 aliphatic carbocycles. The maximum Gasteiger partial charge on any atom is 0.179 e. The number of hydrogen-bond acceptors (Lipinski definition) is 4. The van der Waals surface area contributed by atoms with Gasteiger partial charge in [0.1, 0.15) is 0 Å². The van der Waals surface area contributed by atoms with Gasteiger partial charge in [0.2, 0.25) is 0 Å². The lowest BCUT2D eigenvalue weighted by Crippen LogP contribution is -2.34. The Hall–Kier alpha value is -1.41. The molecule has 0 bridgehead atoms. The molecule has 4 nitrogen and oxygen atoms in total. The molecule has 0 saturated carbocycles. The molecular weight excluding hydrogens is 264 g/mol. The Morgan fingerprint density at radius 2 is 2.11 bits per heavy atom. The number of terminal acetylenes is 1. The number of ether oxygens (including phenoxy) is 2. The molecule has 2 unspecified atom stereocenters. The van der Waals surface area contributed by atoms with Crippen LogP contribution in [0.4, 0.5) is 0 Å². The van der Waals surface area contributed by atoms with Crippen molar-refractivity contribution < 1.29 is 9.47 Å². The summed E-state index contributed by atoms with van der Waals surface area (Å²) in [5, 5.41) is 3.70. The summed E-state index contributed by atoms with van der Waals surface area (Å²) in [7, 11) is 3.11. The van der Waals surface area contributed by atoms with Crippen molar-refractivity contribution in [1.82, 2.24) is 5.32 Å². The second kappa shape index (κ2) is 7.25. The molecule has 19 heavy (non-hydrogen) atoms. The Bertz CT molecular complexity index is 471. The van der Waals surface area contributed by atoms with Crippen LogP contribution in [0.15, 0.2) is 12.1 Å². The van der Waals surface area contributed by atoms with Crippen LogP contribution in [0.5, 0.6) is 11.5 Å². The van der Waals surface area contributed by atoms with E-state index in [0.29, 0.717) is 23.1 Å². The fourth-order valence-electron chi connectivity index (χ4n) is 1.81. The predicted molar refractivity (Wildman–Crippen MR) is 77.8 cm³/mol. The third-order valence-corrected chi connectivity index (χ3v) is 3.22. The molecule has 0 aromatic heterocycles. The second-order valence-electron chi connectivity index (χ2n) is 4.05. The van der Waals surface area contributed by atoms with Crippen LogP contribution >= 0.6 is 11.6 Å². The summed E-state index contributed by atoms with van der Waals surface area (Å²) in [6.07, 6.45) is 5.36. The van der Waals surface area contributed by atoms with E-state index in [4.69, 9.17) is 33.2 Å². The zero-order chi connectivity index (χ0) is 14.4. The average molecular weight is 283 g/mol. The number of halogens is 1. The van der Waals surface area contributed by atoms with Crippen LogP contribution < -0.4 is 20.5 Å². The average Bonchev–Trinajstić information content (AvgIpc) is 2.44. The molecule has 1 aromatic rings. The molecule has 104 valence electrons. The number of benzene rings is 1. The molecule has 0 fully saturated rings. The molecule has 0 aliphatic rings. The van der Waals surface area contributed by atoms with Gasteiger partial charge in [-0.3, -0.25) is 5.32 Å². The van der Waals surface area contributed by atoms with Crippen molar-refractivity contribution in [2.24, 2.45) is 5.73 Å². The maximum absolute atomic E-state index is 6.34. The Morgan fingerprint density at radius 3 is 2.58 bits per heavy atom. The SMILES string of the molecule is C#CC(C)NC(CN)c1ccc(OC)c(OC)c1Cl. The van der Waals surface area contributed by atoms with Crippen molar-refractivity contribution in [3.63, 3.8) is 0 Å². The highest BCUT2D eigenvalue weighted by atomic mass is 35.5. The number of nitrogens with two attached hydrogens (primary N) is 1. The van der Waals surface area contributed by atoms with Gasteiger partial charge in [-0.2, -0.15) is 0 Å². The van der Waals surface area contributed by atoms with E-state index in [2.05, 4.69) is 11.2 Å².